The van der Waals surface area contributed by atoms with Crippen molar-refractivity contribution in [3.8, 4) is 0 Å². The second-order valence-electron chi connectivity index (χ2n) is 7.54. The van der Waals surface area contributed by atoms with Gasteiger partial charge in [0.25, 0.3) is 0 Å². The Kier molecular flexibility index (Phi) is 14.7. The van der Waals surface area contributed by atoms with Gasteiger partial charge in [0, 0.05) is 0 Å². The maximum atomic E-state index is 13.0. The Labute approximate surface area is 176 Å². The summed E-state index contributed by atoms with van der Waals surface area (Å²) in [5, 5.41) is 4.20. The summed E-state index contributed by atoms with van der Waals surface area (Å²) in [5.41, 5.74) is 3.86. The molecule has 0 saturated carbocycles. The summed E-state index contributed by atoms with van der Waals surface area (Å²) < 4.78 is 18.1. The number of benzene rings is 1. The Morgan fingerprint density at radius 2 is 1.38 bits per heavy atom. The number of ether oxygens (including phenoxy) is 1. The largest absolute Gasteiger partial charge is 0.461 e. The van der Waals surface area contributed by atoms with Crippen molar-refractivity contribution in [2.45, 2.75) is 97.3 Å². The van der Waals surface area contributed by atoms with Gasteiger partial charge in [-0.25, -0.2) is 9.18 Å². The first-order chi connectivity index (χ1) is 14.2. The van der Waals surface area contributed by atoms with Gasteiger partial charge < -0.3 is 4.74 Å². The molecular formula is C24H39FN2O2. The highest BCUT2D eigenvalue weighted by molar-refractivity contribution is 6.36. The first-order valence-corrected chi connectivity index (χ1v) is 11.4. The van der Waals surface area contributed by atoms with Crippen LogP contribution in [0.2, 0.25) is 0 Å². The number of carbonyl (C=O) groups is 1. The van der Waals surface area contributed by atoms with Gasteiger partial charge in [0.2, 0.25) is 0 Å². The molecule has 0 heterocycles. The van der Waals surface area contributed by atoms with Crippen LogP contribution in [0.4, 0.5) is 10.1 Å². The molecule has 0 radical (unpaired) electrons. The molecule has 1 rings (SSSR count). The molecule has 0 unspecified atom stereocenters. The van der Waals surface area contributed by atoms with Crippen molar-refractivity contribution in [1.29, 1.82) is 0 Å². The molecule has 0 spiro atoms. The fourth-order valence-corrected chi connectivity index (χ4v) is 3.21. The predicted octanol–water partition coefficient (Wildman–Crippen LogP) is 7.25. The lowest BCUT2D eigenvalue weighted by Crippen LogP contribution is -2.19. The van der Waals surface area contributed by atoms with Gasteiger partial charge in [-0.1, -0.05) is 77.6 Å². The van der Waals surface area contributed by atoms with Crippen LogP contribution in [0.15, 0.2) is 29.4 Å². The summed E-state index contributed by atoms with van der Waals surface area (Å²) >= 11 is 0. The lowest BCUT2D eigenvalue weighted by molar-refractivity contribution is -0.135. The molecule has 0 fully saturated rings. The summed E-state index contributed by atoms with van der Waals surface area (Å²) in [6.45, 7) is 4.36. The average Bonchev–Trinajstić information content (AvgIpc) is 2.72. The third-order valence-corrected chi connectivity index (χ3v) is 4.94. The number of nitrogens with one attached hydrogen (secondary N) is 1. The zero-order valence-corrected chi connectivity index (χ0v) is 18.4. The fourth-order valence-electron chi connectivity index (χ4n) is 3.21. The highest BCUT2D eigenvalue weighted by atomic mass is 19.1. The van der Waals surface area contributed by atoms with Crippen molar-refractivity contribution in [2.24, 2.45) is 5.10 Å². The normalized spacial score (nSPS) is 11.5. The number of esters is 1. The third-order valence-electron chi connectivity index (χ3n) is 4.94. The zero-order valence-electron chi connectivity index (χ0n) is 18.4. The van der Waals surface area contributed by atoms with E-state index in [1.54, 1.807) is 19.1 Å². The molecule has 0 amide bonds. The fraction of sp³-hybridized carbons (Fsp3) is 0.667. The minimum absolute atomic E-state index is 0.304. The summed E-state index contributed by atoms with van der Waals surface area (Å²) in [4.78, 5) is 12.1. The molecule has 0 aromatic heterocycles. The van der Waals surface area contributed by atoms with E-state index in [0.717, 1.165) is 12.8 Å². The third kappa shape index (κ3) is 13.0. The first kappa shape index (κ1) is 25.1. The first-order valence-electron chi connectivity index (χ1n) is 11.4. The number of carbonyl (C=O) groups excluding carboxylic acids is 1. The van der Waals surface area contributed by atoms with Gasteiger partial charge in [-0.15, -0.1) is 0 Å². The summed E-state index contributed by atoms with van der Waals surface area (Å²) in [5.74, 6) is -0.688. The standard InChI is InChI=1S/C24H39FN2O2/c1-3-5-6-7-8-9-10-11-12-13-14-15-16-23(24(28)29-4-2)27-26-22-19-17-21(25)18-20-22/h17-20,26H,3-16H2,1-2H3/b27-23-. The lowest BCUT2D eigenvalue weighted by Gasteiger charge is -2.08. The van der Waals surface area contributed by atoms with Crippen LogP contribution in [-0.4, -0.2) is 18.3 Å². The highest BCUT2D eigenvalue weighted by Crippen LogP contribution is 2.13. The Morgan fingerprint density at radius 3 is 1.90 bits per heavy atom. The smallest absolute Gasteiger partial charge is 0.354 e. The topological polar surface area (TPSA) is 50.7 Å². The molecule has 5 heteroatoms. The van der Waals surface area contributed by atoms with Crippen molar-refractivity contribution >= 4 is 17.4 Å². The van der Waals surface area contributed by atoms with Crippen LogP contribution in [0.1, 0.15) is 97.3 Å². The molecule has 0 aliphatic carbocycles. The van der Waals surface area contributed by atoms with Crippen LogP contribution < -0.4 is 5.43 Å². The van der Waals surface area contributed by atoms with Gasteiger partial charge >= 0.3 is 5.97 Å². The highest BCUT2D eigenvalue weighted by Gasteiger charge is 2.12. The number of unbranched alkanes of at least 4 members (excludes halogenated alkanes) is 11. The van der Waals surface area contributed by atoms with Crippen molar-refractivity contribution in [3.05, 3.63) is 30.1 Å². The maximum absolute atomic E-state index is 13.0. The SMILES string of the molecule is CCCCCCCCCCCCCC/C(=N/Nc1ccc(F)cc1)C(=O)OCC. The van der Waals surface area contributed by atoms with Gasteiger partial charge in [-0.3, -0.25) is 5.43 Å². The molecule has 1 N–H and O–H groups in total. The molecule has 1 aromatic rings. The average molecular weight is 407 g/mol. The van der Waals surface area contributed by atoms with Crippen LogP contribution in [-0.2, 0) is 9.53 Å². The van der Waals surface area contributed by atoms with Crippen LogP contribution in [0, 0.1) is 5.82 Å². The number of hydrogen-bond donors (Lipinski definition) is 1. The van der Waals surface area contributed by atoms with Crippen LogP contribution >= 0.6 is 0 Å². The van der Waals surface area contributed by atoms with Crippen molar-refractivity contribution in [3.63, 3.8) is 0 Å². The van der Waals surface area contributed by atoms with Crippen LogP contribution in [0.3, 0.4) is 0 Å². The minimum atomic E-state index is -0.384. The molecule has 0 aliphatic rings. The van der Waals surface area contributed by atoms with E-state index in [4.69, 9.17) is 4.74 Å². The van der Waals surface area contributed by atoms with Gasteiger partial charge in [0.1, 0.15) is 11.5 Å². The number of hydrazone groups is 1. The van der Waals surface area contributed by atoms with Gasteiger partial charge in [-0.2, -0.15) is 5.10 Å². The van der Waals surface area contributed by atoms with E-state index in [1.807, 2.05) is 0 Å². The molecule has 0 saturated heterocycles. The van der Waals surface area contributed by atoms with Crippen molar-refractivity contribution in [1.82, 2.24) is 0 Å². The predicted molar refractivity (Wildman–Crippen MR) is 120 cm³/mol. The second kappa shape index (κ2) is 17.0. The quantitative estimate of drug-likeness (QED) is 0.128. The summed E-state index contributed by atoms with van der Waals surface area (Å²) in [6.07, 6.45) is 15.9. The number of rotatable bonds is 17. The van der Waals surface area contributed by atoms with Crippen LogP contribution in [0.5, 0.6) is 0 Å². The Balaban J connectivity index is 2.21. The Morgan fingerprint density at radius 1 is 0.862 bits per heavy atom. The van der Waals surface area contributed by atoms with E-state index in [2.05, 4.69) is 17.5 Å². The van der Waals surface area contributed by atoms with E-state index in [0.29, 0.717) is 24.4 Å². The van der Waals surface area contributed by atoms with Crippen LogP contribution in [0.25, 0.3) is 0 Å². The van der Waals surface area contributed by atoms with Gasteiger partial charge in [0.05, 0.1) is 12.3 Å². The summed E-state index contributed by atoms with van der Waals surface area (Å²) in [7, 11) is 0. The molecule has 29 heavy (non-hydrogen) atoms. The van der Waals surface area contributed by atoms with Crippen molar-refractivity contribution < 1.29 is 13.9 Å². The molecule has 164 valence electrons. The zero-order chi connectivity index (χ0) is 21.2. The lowest BCUT2D eigenvalue weighted by atomic mass is 10.0. The Hall–Kier alpha value is -1.91. The molecule has 4 nitrogen and oxygen atoms in total. The second-order valence-corrected chi connectivity index (χ2v) is 7.54. The Bertz CT molecular complexity index is 573. The molecule has 0 atom stereocenters. The van der Waals surface area contributed by atoms with Crippen molar-refractivity contribution in [2.75, 3.05) is 12.0 Å². The van der Waals surface area contributed by atoms with E-state index in [1.165, 1.54) is 76.3 Å². The van der Waals surface area contributed by atoms with E-state index in [9.17, 15) is 9.18 Å². The minimum Gasteiger partial charge on any atom is -0.461 e. The van der Waals surface area contributed by atoms with E-state index < -0.39 is 0 Å². The van der Waals surface area contributed by atoms with E-state index >= 15 is 0 Å². The molecule has 1 aromatic carbocycles. The number of anilines is 1. The summed E-state index contributed by atoms with van der Waals surface area (Å²) in [6, 6.07) is 5.89. The molecule has 0 bridgehead atoms. The monoisotopic (exact) mass is 406 g/mol. The van der Waals surface area contributed by atoms with Gasteiger partial charge in [-0.05, 0) is 44.0 Å². The maximum Gasteiger partial charge on any atom is 0.354 e. The number of hydrogen-bond acceptors (Lipinski definition) is 4. The molecular weight excluding hydrogens is 367 g/mol. The number of halogens is 1. The van der Waals surface area contributed by atoms with E-state index in [-0.39, 0.29) is 11.8 Å². The number of nitrogens with zero attached hydrogens (tertiary/aromatic N) is 1. The molecule has 0 aliphatic heterocycles. The van der Waals surface area contributed by atoms with Gasteiger partial charge in [0.15, 0.2) is 0 Å².